The van der Waals surface area contributed by atoms with Crippen LogP contribution in [0.2, 0.25) is 0 Å². The van der Waals surface area contributed by atoms with Gasteiger partial charge in [0.2, 0.25) is 5.91 Å². The first-order valence-corrected chi connectivity index (χ1v) is 6.18. The highest BCUT2D eigenvalue weighted by Gasteiger charge is 2.28. The Hall–Kier alpha value is -1.83. The highest BCUT2D eigenvalue weighted by molar-refractivity contribution is 5.84. The van der Waals surface area contributed by atoms with Crippen LogP contribution in [0.15, 0.2) is 0 Å². The van der Waals surface area contributed by atoms with Crippen molar-refractivity contribution >= 4 is 17.9 Å². The molecule has 1 aliphatic heterocycles. The first-order valence-electron chi connectivity index (χ1n) is 6.18. The monoisotopic (exact) mass is 273 g/mol. The minimum atomic E-state index is -1.10. The van der Waals surface area contributed by atoms with Crippen molar-refractivity contribution in [2.75, 3.05) is 32.8 Å². The highest BCUT2D eigenvalue weighted by atomic mass is 16.5. The zero-order chi connectivity index (χ0) is 14.3. The molecule has 3 N–H and O–H groups in total. The molecule has 1 unspecified atom stereocenters. The Morgan fingerprint density at radius 1 is 1.37 bits per heavy atom. The number of amides is 3. The van der Waals surface area contributed by atoms with Crippen LogP contribution in [0.25, 0.3) is 0 Å². The van der Waals surface area contributed by atoms with E-state index in [9.17, 15) is 14.4 Å². The first-order chi connectivity index (χ1) is 9.04. The number of carbonyl (C=O) groups is 3. The normalized spacial score (nSPS) is 18.8. The van der Waals surface area contributed by atoms with Gasteiger partial charge in [-0.15, -0.1) is 0 Å². The molecule has 1 atom stereocenters. The van der Waals surface area contributed by atoms with E-state index in [0.717, 1.165) is 6.42 Å². The molecule has 1 rings (SSSR count). The van der Waals surface area contributed by atoms with Crippen molar-refractivity contribution in [2.45, 2.75) is 19.4 Å². The van der Waals surface area contributed by atoms with Crippen LogP contribution in [-0.4, -0.2) is 66.8 Å². The first kappa shape index (κ1) is 15.2. The summed E-state index contributed by atoms with van der Waals surface area (Å²) in [5, 5.41) is 13.9. The second kappa shape index (κ2) is 7.57. The van der Waals surface area contributed by atoms with Crippen molar-refractivity contribution in [1.29, 1.82) is 0 Å². The van der Waals surface area contributed by atoms with Crippen molar-refractivity contribution in [3.63, 3.8) is 0 Å². The fourth-order valence-electron chi connectivity index (χ4n) is 1.58. The molecule has 0 saturated carbocycles. The van der Waals surface area contributed by atoms with Gasteiger partial charge in [0.25, 0.3) is 0 Å². The van der Waals surface area contributed by atoms with Gasteiger partial charge in [0.05, 0.1) is 19.7 Å². The Labute approximate surface area is 111 Å². The number of ether oxygens (including phenoxy) is 1. The van der Waals surface area contributed by atoms with E-state index in [1.807, 2.05) is 6.92 Å². The highest BCUT2D eigenvalue weighted by Crippen LogP contribution is 2.05. The maximum Gasteiger partial charge on any atom is 0.334 e. The molecule has 1 saturated heterocycles. The number of hydrogen-bond donors (Lipinski definition) is 3. The lowest BCUT2D eigenvalue weighted by molar-refractivity contribution is -0.154. The Morgan fingerprint density at radius 2 is 2.11 bits per heavy atom. The third-order valence-electron chi connectivity index (χ3n) is 2.60. The number of aliphatic carboxylic acids is 1. The third kappa shape index (κ3) is 5.12. The van der Waals surface area contributed by atoms with Crippen LogP contribution in [-0.2, 0) is 14.3 Å². The fraction of sp³-hybridized carbons (Fsp3) is 0.727. The average molecular weight is 273 g/mol. The van der Waals surface area contributed by atoms with Gasteiger partial charge in [-0.25, -0.2) is 9.59 Å². The number of carboxylic acids is 1. The van der Waals surface area contributed by atoms with Gasteiger partial charge in [0, 0.05) is 13.1 Å². The lowest BCUT2D eigenvalue weighted by Crippen LogP contribution is -2.53. The van der Waals surface area contributed by atoms with Gasteiger partial charge in [0.1, 0.15) is 0 Å². The van der Waals surface area contributed by atoms with Crippen LogP contribution in [0.5, 0.6) is 0 Å². The summed E-state index contributed by atoms with van der Waals surface area (Å²) in [7, 11) is 0. The summed E-state index contributed by atoms with van der Waals surface area (Å²) >= 11 is 0. The number of hydrogen-bond acceptors (Lipinski definition) is 4. The van der Waals surface area contributed by atoms with Crippen LogP contribution < -0.4 is 10.6 Å². The number of carbonyl (C=O) groups excluding carboxylic acids is 2. The molecule has 0 aromatic rings. The van der Waals surface area contributed by atoms with Crippen molar-refractivity contribution < 1.29 is 24.2 Å². The SMILES string of the molecule is CCCNC(=O)CNC(=O)N1CCOC(C(=O)O)C1. The molecule has 0 spiro atoms. The van der Waals surface area contributed by atoms with Crippen LogP contribution in [0.1, 0.15) is 13.3 Å². The van der Waals surface area contributed by atoms with Gasteiger partial charge in [-0.2, -0.15) is 0 Å². The van der Waals surface area contributed by atoms with Gasteiger partial charge >= 0.3 is 12.0 Å². The standard InChI is InChI=1S/C11H19N3O5/c1-2-3-12-9(15)6-13-11(18)14-4-5-19-8(7-14)10(16)17/h8H,2-7H2,1H3,(H,12,15)(H,13,18)(H,16,17). The number of nitrogens with zero attached hydrogens (tertiary/aromatic N) is 1. The molecule has 0 bridgehead atoms. The summed E-state index contributed by atoms with van der Waals surface area (Å²) in [4.78, 5) is 35.1. The van der Waals surface area contributed by atoms with E-state index >= 15 is 0 Å². The number of carboxylic acid groups (broad SMARTS) is 1. The molecule has 1 aliphatic rings. The van der Waals surface area contributed by atoms with Gasteiger partial charge in [0.15, 0.2) is 6.10 Å². The van der Waals surface area contributed by atoms with E-state index in [4.69, 9.17) is 9.84 Å². The average Bonchev–Trinajstić information content (AvgIpc) is 2.42. The molecule has 0 aliphatic carbocycles. The summed E-state index contributed by atoms with van der Waals surface area (Å²) in [5.74, 6) is -1.36. The number of nitrogens with one attached hydrogen (secondary N) is 2. The Bertz CT molecular complexity index is 347. The van der Waals surface area contributed by atoms with E-state index < -0.39 is 18.1 Å². The topological polar surface area (TPSA) is 108 Å². The molecule has 0 aromatic carbocycles. The van der Waals surface area contributed by atoms with Crippen LogP contribution >= 0.6 is 0 Å². The predicted molar refractivity (Wildman–Crippen MR) is 65.6 cm³/mol. The molecule has 19 heavy (non-hydrogen) atoms. The van der Waals surface area contributed by atoms with E-state index in [1.54, 1.807) is 0 Å². The second-order valence-electron chi connectivity index (χ2n) is 4.15. The third-order valence-corrected chi connectivity index (χ3v) is 2.60. The second-order valence-corrected chi connectivity index (χ2v) is 4.15. The Morgan fingerprint density at radius 3 is 2.74 bits per heavy atom. The number of morpholine rings is 1. The van der Waals surface area contributed by atoms with Gasteiger partial charge in [-0.1, -0.05) is 6.92 Å². The molecular formula is C11H19N3O5. The van der Waals surface area contributed by atoms with Gasteiger partial charge < -0.3 is 25.4 Å². The lowest BCUT2D eigenvalue weighted by atomic mass is 10.3. The fourth-order valence-corrected chi connectivity index (χ4v) is 1.58. The summed E-state index contributed by atoms with van der Waals surface area (Å²) in [5.41, 5.74) is 0. The number of urea groups is 1. The van der Waals surface area contributed by atoms with Crippen molar-refractivity contribution in [3.8, 4) is 0 Å². The lowest BCUT2D eigenvalue weighted by Gasteiger charge is -2.30. The van der Waals surface area contributed by atoms with E-state index in [-0.39, 0.29) is 25.6 Å². The van der Waals surface area contributed by atoms with Crippen molar-refractivity contribution in [3.05, 3.63) is 0 Å². The molecule has 108 valence electrons. The largest absolute Gasteiger partial charge is 0.479 e. The molecule has 8 nitrogen and oxygen atoms in total. The quantitative estimate of drug-likeness (QED) is 0.596. The van der Waals surface area contributed by atoms with E-state index in [1.165, 1.54) is 4.90 Å². The van der Waals surface area contributed by atoms with E-state index in [2.05, 4.69) is 10.6 Å². The van der Waals surface area contributed by atoms with Crippen LogP contribution in [0.3, 0.4) is 0 Å². The summed E-state index contributed by atoms with van der Waals surface area (Å²) in [6.07, 6.45) is -0.183. The molecular weight excluding hydrogens is 254 g/mol. The maximum absolute atomic E-state index is 11.7. The summed E-state index contributed by atoms with van der Waals surface area (Å²) < 4.78 is 5.00. The van der Waals surface area contributed by atoms with E-state index in [0.29, 0.717) is 13.1 Å². The maximum atomic E-state index is 11.7. The minimum Gasteiger partial charge on any atom is -0.479 e. The molecule has 1 fully saturated rings. The summed E-state index contributed by atoms with van der Waals surface area (Å²) in [6, 6.07) is -0.457. The number of rotatable bonds is 5. The van der Waals surface area contributed by atoms with Gasteiger partial charge in [-0.3, -0.25) is 4.79 Å². The van der Waals surface area contributed by atoms with Crippen LogP contribution in [0, 0.1) is 0 Å². The summed E-state index contributed by atoms with van der Waals surface area (Å²) in [6.45, 7) is 2.84. The molecule has 1 heterocycles. The predicted octanol–water partition coefficient (Wildman–Crippen LogP) is -0.992. The molecule has 3 amide bonds. The van der Waals surface area contributed by atoms with Crippen molar-refractivity contribution in [1.82, 2.24) is 15.5 Å². The Kier molecular flexibility index (Phi) is 6.07. The minimum absolute atomic E-state index is 0.0161. The van der Waals surface area contributed by atoms with Gasteiger partial charge in [-0.05, 0) is 6.42 Å². The van der Waals surface area contributed by atoms with Crippen LogP contribution in [0.4, 0.5) is 4.79 Å². The van der Waals surface area contributed by atoms with Crippen molar-refractivity contribution in [2.24, 2.45) is 0 Å². The molecule has 0 radical (unpaired) electrons. The Balaban J connectivity index is 2.32. The zero-order valence-electron chi connectivity index (χ0n) is 10.8. The zero-order valence-corrected chi connectivity index (χ0v) is 10.8. The molecule has 0 aromatic heterocycles. The molecule has 8 heteroatoms. The smallest absolute Gasteiger partial charge is 0.334 e.